The van der Waals surface area contributed by atoms with Crippen LogP contribution in [0.4, 0.5) is 0 Å². The molecule has 158 valence electrons. The van der Waals surface area contributed by atoms with E-state index in [1.807, 2.05) is 24.3 Å². The molecule has 29 heavy (non-hydrogen) atoms. The third kappa shape index (κ3) is 5.59. The van der Waals surface area contributed by atoms with Gasteiger partial charge in [-0.05, 0) is 66.5 Å². The lowest BCUT2D eigenvalue weighted by Gasteiger charge is -2.34. The van der Waals surface area contributed by atoms with Crippen molar-refractivity contribution < 1.29 is 0 Å². The molecule has 2 N–H and O–H groups in total. The summed E-state index contributed by atoms with van der Waals surface area (Å²) in [6.07, 6.45) is 6.66. The number of H-pyrrole nitrogens is 1. The van der Waals surface area contributed by atoms with Crippen molar-refractivity contribution in [2.24, 2.45) is 5.41 Å². The summed E-state index contributed by atoms with van der Waals surface area (Å²) in [6, 6.07) is 10.7. The first-order valence-corrected chi connectivity index (χ1v) is 10.3. The molecule has 1 aliphatic rings. The number of imidazole rings is 1. The van der Waals surface area contributed by atoms with Crippen molar-refractivity contribution in [3.8, 4) is 11.1 Å². The summed E-state index contributed by atoms with van der Waals surface area (Å²) in [4.78, 5) is 7.41. The summed E-state index contributed by atoms with van der Waals surface area (Å²) in [5.74, 6) is 0. The standard InChI is InChI=1S/C22H25Cl2N3.2ClH/c1-22(2)7-5-16(6-8-22)25-12-17-18(23)9-15(10-19(17)24)14-3-4-20-21(11-14)27-13-26-20;;/h3-4,9-11,13,16,25H,5-8,12H2,1-2H3,(H,26,27);2*1H. The van der Waals surface area contributed by atoms with E-state index in [4.69, 9.17) is 23.2 Å². The number of rotatable bonds is 4. The van der Waals surface area contributed by atoms with Crippen LogP contribution in [-0.2, 0) is 6.54 Å². The van der Waals surface area contributed by atoms with Gasteiger partial charge in [0.05, 0.1) is 17.4 Å². The van der Waals surface area contributed by atoms with Gasteiger partial charge in [0.15, 0.2) is 0 Å². The molecule has 0 atom stereocenters. The molecule has 0 radical (unpaired) electrons. The second-order valence-electron chi connectivity index (χ2n) is 8.37. The van der Waals surface area contributed by atoms with E-state index in [0.717, 1.165) is 27.7 Å². The third-order valence-corrected chi connectivity index (χ3v) is 6.48. The van der Waals surface area contributed by atoms with Crippen LogP contribution < -0.4 is 5.32 Å². The number of fused-ring (bicyclic) bond motifs is 1. The average Bonchev–Trinajstić information content (AvgIpc) is 3.09. The number of aromatic nitrogens is 2. The lowest BCUT2D eigenvalue weighted by molar-refractivity contribution is 0.206. The second-order valence-corrected chi connectivity index (χ2v) is 9.19. The topological polar surface area (TPSA) is 40.7 Å². The van der Waals surface area contributed by atoms with Crippen LogP contribution >= 0.6 is 48.0 Å². The van der Waals surface area contributed by atoms with Crippen molar-refractivity contribution in [3.05, 3.63) is 52.3 Å². The first kappa shape index (κ1) is 24.3. The highest BCUT2D eigenvalue weighted by Gasteiger charge is 2.26. The fourth-order valence-corrected chi connectivity index (χ4v) is 4.52. The molecule has 2 aromatic carbocycles. The molecule has 0 unspecified atom stereocenters. The van der Waals surface area contributed by atoms with Gasteiger partial charge in [-0.3, -0.25) is 0 Å². The summed E-state index contributed by atoms with van der Waals surface area (Å²) in [5.41, 5.74) is 5.51. The highest BCUT2D eigenvalue weighted by atomic mass is 35.5. The number of nitrogens with zero attached hydrogens (tertiary/aromatic N) is 1. The Morgan fingerprint density at radius 2 is 1.69 bits per heavy atom. The van der Waals surface area contributed by atoms with E-state index in [0.29, 0.717) is 28.0 Å². The van der Waals surface area contributed by atoms with E-state index in [1.54, 1.807) is 6.33 Å². The molecule has 1 aromatic heterocycles. The van der Waals surface area contributed by atoms with Gasteiger partial charge in [-0.15, -0.1) is 24.8 Å². The van der Waals surface area contributed by atoms with Crippen molar-refractivity contribution in [2.75, 3.05) is 0 Å². The normalized spacial score (nSPS) is 16.3. The van der Waals surface area contributed by atoms with Crippen molar-refractivity contribution >= 4 is 59.0 Å². The number of hydrogen-bond acceptors (Lipinski definition) is 2. The molecular weight excluding hydrogens is 448 g/mol. The first-order chi connectivity index (χ1) is 12.9. The highest BCUT2D eigenvalue weighted by molar-refractivity contribution is 6.36. The molecule has 4 rings (SSSR count). The molecule has 0 spiro atoms. The maximum Gasteiger partial charge on any atom is 0.0931 e. The summed E-state index contributed by atoms with van der Waals surface area (Å²) in [7, 11) is 0. The molecule has 0 saturated heterocycles. The zero-order chi connectivity index (χ0) is 19.0. The van der Waals surface area contributed by atoms with E-state index >= 15 is 0 Å². The Morgan fingerprint density at radius 3 is 2.34 bits per heavy atom. The van der Waals surface area contributed by atoms with Gasteiger partial charge < -0.3 is 10.3 Å². The van der Waals surface area contributed by atoms with Gasteiger partial charge in [0, 0.05) is 28.2 Å². The molecule has 1 aliphatic carbocycles. The quantitative estimate of drug-likeness (QED) is 0.412. The van der Waals surface area contributed by atoms with Crippen molar-refractivity contribution in [3.63, 3.8) is 0 Å². The Balaban J connectivity index is 0.00000150. The van der Waals surface area contributed by atoms with Crippen molar-refractivity contribution in [2.45, 2.75) is 52.1 Å². The highest BCUT2D eigenvalue weighted by Crippen LogP contribution is 2.36. The third-order valence-electron chi connectivity index (χ3n) is 5.80. The SMILES string of the molecule is CC1(C)CCC(NCc2c(Cl)cc(-c3ccc4nc[nH]c4c3)cc2Cl)CC1.Cl.Cl. The van der Waals surface area contributed by atoms with Gasteiger partial charge in [-0.2, -0.15) is 0 Å². The Hall–Kier alpha value is -0.970. The maximum absolute atomic E-state index is 6.60. The van der Waals surface area contributed by atoms with Gasteiger partial charge in [-0.1, -0.05) is 43.1 Å². The minimum absolute atomic E-state index is 0. The Bertz CT molecular complexity index is 935. The van der Waals surface area contributed by atoms with E-state index in [1.165, 1.54) is 25.7 Å². The molecule has 1 saturated carbocycles. The monoisotopic (exact) mass is 473 g/mol. The number of aromatic amines is 1. The molecule has 7 heteroatoms. The van der Waals surface area contributed by atoms with Gasteiger partial charge in [0.1, 0.15) is 0 Å². The molecule has 0 aliphatic heterocycles. The molecule has 3 nitrogen and oxygen atoms in total. The molecular formula is C22H27Cl4N3. The Labute approximate surface area is 194 Å². The average molecular weight is 475 g/mol. The summed E-state index contributed by atoms with van der Waals surface area (Å²) in [5, 5.41) is 5.08. The lowest BCUT2D eigenvalue weighted by Crippen LogP contribution is -2.35. The minimum atomic E-state index is 0. The molecule has 0 amide bonds. The van der Waals surface area contributed by atoms with Crippen molar-refractivity contribution in [1.29, 1.82) is 0 Å². The molecule has 1 heterocycles. The number of nitrogens with one attached hydrogen (secondary N) is 2. The van der Waals surface area contributed by atoms with Gasteiger partial charge in [0.25, 0.3) is 0 Å². The predicted molar refractivity (Wildman–Crippen MR) is 129 cm³/mol. The van der Waals surface area contributed by atoms with Crippen LogP contribution in [0.15, 0.2) is 36.7 Å². The van der Waals surface area contributed by atoms with Crippen LogP contribution in [0.1, 0.15) is 45.1 Å². The Kier molecular flexibility index (Phi) is 8.29. The van der Waals surface area contributed by atoms with E-state index in [-0.39, 0.29) is 24.8 Å². The Morgan fingerprint density at radius 1 is 1.03 bits per heavy atom. The van der Waals surface area contributed by atoms with E-state index in [2.05, 4.69) is 35.2 Å². The van der Waals surface area contributed by atoms with Gasteiger partial charge in [-0.25, -0.2) is 4.98 Å². The predicted octanol–water partition coefficient (Wildman–Crippen LogP) is 7.44. The van der Waals surface area contributed by atoms with Crippen LogP contribution in [0.25, 0.3) is 22.2 Å². The number of benzene rings is 2. The van der Waals surface area contributed by atoms with Crippen molar-refractivity contribution in [1.82, 2.24) is 15.3 Å². The van der Waals surface area contributed by atoms with Crippen LogP contribution in [0.5, 0.6) is 0 Å². The number of hydrogen-bond donors (Lipinski definition) is 2. The van der Waals surface area contributed by atoms with Crippen LogP contribution in [0.2, 0.25) is 10.0 Å². The zero-order valence-electron chi connectivity index (χ0n) is 16.6. The summed E-state index contributed by atoms with van der Waals surface area (Å²) < 4.78 is 0. The number of halogens is 4. The zero-order valence-corrected chi connectivity index (χ0v) is 19.7. The largest absolute Gasteiger partial charge is 0.345 e. The van der Waals surface area contributed by atoms with E-state index < -0.39 is 0 Å². The molecule has 1 fully saturated rings. The molecule has 0 bridgehead atoms. The fraction of sp³-hybridized carbons (Fsp3) is 0.409. The van der Waals surface area contributed by atoms with E-state index in [9.17, 15) is 0 Å². The second kappa shape index (κ2) is 9.89. The summed E-state index contributed by atoms with van der Waals surface area (Å²) in [6.45, 7) is 5.43. The van der Waals surface area contributed by atoms with Crippen LogP contribution in [-0.4, -0.2) is 16.0 Å². The summed E-state index contributed by atoms with van der Waals surface area (Å²) >= 11 is 13.2. The van der Waals surface area contributed by atoms with Gasteiger partial charge >= 0.3 is 0 Å². The van der Waals surface area contributed by atoms with Crippen LogP contribution in [0.3, 0.4) is 0 Å². The fourth-order valence-electron chi connectivity index (χ4n) is 3.90. The van der Waals surface area contributed by atoms with Crippen LogP contribution in [0, 0.1) is 5.41 Å². The molecule has 3 aromatic rings. The first-order valence-electron chi connectivity index (χ1n) is 9.56. The lowest BCUT2D eigenvalue weighted by atomic mass is 9.75. The maximum atomic E-state index is 6.60. The smallest absolute Gasteiger partial charge is 0.0931 e. The van der Waals surface area contributed by atoms with Gasteiger partial charge in [0.2, 0.25) is 0 Å². The minimum Gasteiger partial charge on any atom is -0.345 e.